The predicted octanol–water partition coefficient (Wildman–Crippen LogP) is 2.10. The van der Waals surface area contributed by atoms with E-state index in [-0.39, 0.29) is 23.8 Å². The van der Waals surface area contributed by atoms with Gasteiger partial charge in [-0.25, -0.2) is 4.79 Å². The zero-order valence-electron chi connectivity index (χ0n) is 11.8. The molecule has 5 nitrogen and oxygen atoms in total. The van der Waals surface area contributed by atoms with Crippen molar-refractivity contribution in [3.05, 3.63) is 29.3 Å². The molecule has 20 heavy (non-hydrogen) atoms. The van der Waals surface area contributed by atoms with Crippen LogP contribution in [0.2, 0.25) is 0 Å². The summed E-state index contributed by atoms with van der Waals surface area (Å²) >= 11 is 0. The van der Waals surface area contributed by atoms with Gasteiger partial charge in [0.05, 0.1) is 11.2 Å². The summed E-state index contributed by atoms with van der Waals surface area (Å²) in [4.78, 5) is 10.8. The van der Waals surface area contributed by atoms with Gasteiger partial charge in [-0.2, -0.15) is 0 Å². The van der Waals surface area contributed by atoms with Crippen LogP contribution >= 0.6 is 0 Å². The Kier molecular flexibility index (Phi) is 5.53. The Hall–Kier alpha value is -1.59. The van der Waals surface area contributed by atoms with E-state index < -0.39 is 11.6 Å². The summed E-state index contributed by atoms with van der Waals surface area (Å²) in [6.45, 7) is 3.63. The predicted molar refractivity (Wildman–Crippen MR) is 74.7 cm³/mol. The summed E-state index contributed by atoms with van der Waals surface area (Å²) in [6.07, 6.45) is 1.91. The molecule has 0 aliphatic carbocycles. The van der Waals surface area contributed by atoms with Crippen molar-refractivity contribution in [1.29, 1.82) is 0 Å². The highest BCUT2D eigenvalue weighted by atomic mass is 16.4. The molecule has 0 radical (unpaired) electrons. The van der Waals surface area contributed by atoms with E-state index in [0.717, 1.165) is 12.5 Å². The molecule has 0 aliphatic rings. The first kappa shape index (κ1) is 16.5. The molecule has 1 aromatic carbocycles. The third-order valence-electron chi connectivity index (χ3n) is 3.50. The topological polar surface area (TPSA) is 98.0 Å². The number of aromatic hydroxyl groups is 1. The summed E-state index contributed by atoms with van der Waals surface area (Å²) in [5.74, 6) is -1.16. The maximum atomic E-state index is 10.8. The van der Waals surface area contributed by atoms with Gasteiger partial charge in [0, 0.05) is 12.2 Å². The van der Waals surface area contributed by atoms with Crippen LogP contribution in [-0.2, 0) is 5.60 Å². The van der Waals surface area contributed by atoms with Crippen molar-refractivity contribution in [2.45, 2.75) is 38.7 Å². The molecule has 0 fully saturated rings. The van der Waals surface area contributed by atoms with Crippen molar-refractivity contribution in [1.82, 2.24) is 0 Å². The standard InChI is InChI=1S/C15H22O5/c1-10(9-16)4-3-7-15(2,20)12-6-5-11(14(18)19)8-13(12)17/h5-6,8,10,16-17,20H,3-4,7,9H2,1-2H3,(H,18,19)/t10-,15+/m1/s1. The molecule has 112 valence electrons. The highest BCUT2D eigenvalue weighted by molar-refractivity contribution is 5.88. The van der Waals surface area contributed by atoms with Crippen molar-refractivity contribution in [3.8, 4) is 5.75 Å². The van der Waals surface area contributed by atoms with Gasteiger partial charge in [0.2, 0.25) is 0 Å². The lowest BCUT2D eigenvalue weighted by Crippen LogP contribution is -2.22. The molecule has 4 N–H and O–H groups in total. The highest BCUT2D eigenvalue weighted by Crippen LogP contribution is 2.34. The monoisotopic (exact) mass is 282 g/mol. The molecule has 0 aromatic heterocycles. The number of aromatic carboxylic acids is 1. The van der Waals surface area contributed by atoms with E-state index in [4.69, 9.17) is 10.2 Å². The fourth-order valence-electron chi connectivity index (χ4n) is 2.14. The van der Waals surface area contributed by atoms with Gasteiger partial charge in [0.15, 0.2) is 0 Å². The first-order valence-corrected chi connectivity index (χ1v) is 6.68. The van der Waals surface area contributed by atoms with E-state index in [0.29, 0.717) is 18.4 Å². The molecule has 0 heterocycles. The Labute approximate surface area is 118 Å². The van der Waals surface area contributed by atoms with Crippen LogP contribution in [0.4, 0.5) is 0 Å². The quantitative estimate of drug-likeness (QED) is 0.614. The van der Waals surface area contributed by atoms with Gasteiger partial charge in [0.25, 0.3) is 0 Å². The van der Waals surface area contributed by atoms with Crippen LogP contribution in [0.3, 0.4) is 0 Å². The van der Waals surface area contributed by atoms with E-state index >= 15 is 0 Å². The van der Waals surface area contributed by atoms with Gasteiger partial charge in [-0.3, -0.25) is 0 Å². The van der Waals surface area contributed by atoms with Gasteiger partial charge in [-0.1, -0.05) is 13.0 Å². The number of aliphatic hydroxyl groups excluding tert-OH is 1. The largest absolute Gasteiger partial charge is 0.508 e. The highest BCUT2D eigenvalue weighted by Gasteiger charge is 2.26. The van der Waals surface area contributed by atoms with Gasteiger partial charge >= 0.3 is 5.97 Å². The lowest BCUT2D eigenvalue weighted by molar-refractivity contribution is 0.0405. The number of carboxylic acid groups (broad SMARTS) is 1. The van der Waals surface area contributed by atoms with E-state index in [2.05, 4.69) is 0 Å². The van der Waals surface area contributed by atoms with Gasteiger partial charge in [-0.15, -0.1) is 0 Å². The third-order valence-corrected chi connectivity index (χ3v) is 3.50. The Bertz CT molecular complexity index is 467. The fourth-order valence-corrected chi connectivity index (χ4v) is 2.14. The molecule has 1 aromatic rings. The number of rotatable bonds is 7. The number of benzene rings is 1. The molecular weight excluding hydrogens is 260 g/mol. The second-order valence-corrected chi connectivity index (χ2v) is 5.49. The number of carbonyl (C=O) groups is 1. The number of phenolic OH excluding ortho intramolecular Hbond substituents is 1. The summed E-state index contributed by atoms with van der Waals surface area (Å²) < 4.78 is 0. The van der Waals surface area contributed by atoms with Crippen LogP contribution in [0.5, 0.6) is 5.75 Å². The molecular formula is C15H22O5. The smallest absolute Gasteiger partial charge is 0.335 e. The minimum atomic E-state index is -1.23. The normalized spacial score (nSPS) is 15.6. The molecule has 0 spiro atoms. The maximum absolute atomic E-state index is 10.8. The van der Waals surface area contributed by atoms with Crippen LogP contribution in [-0.4, -0.2) is 33.0 Å². The van der Waals surface area contributed by atoms with Crippen molar-refractivity contribution >= 4 is 5.97 Å². The van der Waals surface area contributed by atoms with Crippen molar-refractivity contribution < 1.29 is 25.2 Å². The van der Waals surface area contributed by atoms with E-state index in [1.54, 1.807) is 6.92 Å². The number of phenols is 1. The minimum absolute atomic E-state index is 0.0176. The lowest BCUT2D eigenvalue weighted by atomic mass is 9.88. The van der Waals surface area contributed by atoms with Gasteiger partial charge < -0.3 is 20.4 Å². The molecule has 0 saturated heterocycles. The molecule has 0 bridgehead atoms. The van der Waals surface area contributed by atoms with Crippen LogP contribution in [0.25, 0.3) is 0 Å². The lowest BCUT2D eigenvalue weighted by Gasteiger charge is -2.25. The summed E-state index contributed by atoms with van der Waals surface area (Å²) in [5, 5.41) is 38.1. The number of hydrogen-bond acceptors (Lipinski definition) is 4. The third kappa shape index (κ3) is 4.21. The Morgan fingerprint density at radius 3 is 2.55 bits per heavy atom. The van der Waals surface area contributed by atoms with Crippen LogP contribution in [0.1, 0.15) is 49.0 Å². The first-order chi connectivity index (χ1) is 9.27. The van der Waals surface area contributed by atoms with E-state index in [9.17, 15) is 15.0 Å². The molecule has 0 unspecified atom stereocenters. The van der Waals surface area contributed by atoms with Crippen molar-refractivity contribution in [2.75, 3.05) is 6.61 Å². The maximum Gasteiger partial charge on any atom is 0.335 e. The van der Waals surface area contributed by atoms with Crippen molar-refractivity contribution in [3.63, 3.8) is 0 Å². The van der Waals surface area contributed by atoms with Crippen LogP contribution in [0.15, 0.2) is 18.2 Å². The van der Waals surface area contributed by atoms with E-state index in [1.807, 2.05) is 6.92 Å². The number of hydrogen-bond donors (Lipinski definition) is 4. The summed E-state index contributed by atoms with van der Waals surface area (Å²) in [5.41, 5.74) is -0.925. The van der Waals surface area contributed by atoms with Gasteiger partial charge in [-0.05, 0) is 44.2 Å². The van der Waals surface area contributed by atoms with E-state index in [1.165, 1.54) is 12.1 Å². The molecule has 2 atom stereocenters. The second-order valence-electron chi connectivity index (χ2n) is 5.49. The second kappa shape index (κ2) is 6.72. The zero-order valence-corrected chi connectivity index (χ0v) is 11.8. The molecule has 1 rings (SSSR count). The Balaban J connectivity index is 2.79. The molecule has 5 heteroatoms. The van der Waals surface area contributed by atoms with Crippen LogP contribution < -0.4 is 0 Å². The van der Waals surface area contributed by atoms with Gasteiger partial charge in [0.1, 0.15) is 5.75 Å². The van der Waals surface area contributed by atoms with Crippen LogP contribution in [0, 0.1) is 5.92 Å². The summed E-state index contributed by atoms with van der Waals surface area (Å²) in [6, 6.07) is 3.94. The number of aliphatic hydroxyl groups is 2. The first-order valence-electron chi connectivity index (χ1n) is 6.68. The summed E-state index contributed by atoms with van der Waals surface area (Å²) in [7, 11) is 0. The minimum Gasteiger partial charge on any atom is -0.508 e. The Morgan fingerprint density at radius 2 is 2.05 bits per heavy atom. The Morgan fingerprint density at radius 1 is 1.40 bits per heavy atom. The average molecular weight is 282 g/mol. The SMILES string of the molecule is C[C@@H](CO)CCC[C@](C)(O)c1ccc(C(=O)O)cc1O. The zero-order chi connectivity index (χ0) is 15.3. The average Bonchev–Trinajstić information content (AvgIpc) is 2.37. The molecule has 0 aliphatic heterocycles. The van der Waals surface area contributed by atoms with Crippen molar-refractivity contribution in [2.24, 2.45) is 5.92 Å². The fraction of sp³-hybridized carbons (Fsp3) is 0.533. The molecule has 0 amide bonds. The number of carboxylic acids is 1. The molecule has 0 saturated carbocycles.